The zero-order chi connectivity index (χ0) is 24.6. The molecule has 32 heavy (non-hydrogen) atoms. The van der Waals surface area contributed by atoms with Crippen LogP contribution in [0.2, 0.25) is 0 Å². The molecule has 4 nitrogen and oxygen atoms in total. The highest BCUT2D eigenvalue weighted by Crippen LogP contribution is 2.31. The predicted molar refractivity (Wildman–Crippen MR) is 115 cm³/mol. The number of hydrogen-bond acceptors (Lipinski definition) is 4. The average Bonchev–Trinajstić information content (AvgIpc) is 3.28. The van der Waals surface area contributed by atoms with Crippen LogP contribution in [0.1, 0.15) is 38.9 Å². The number of benzene rings is 1. The fourth-order valence-electron chi connectivity index (χ4n) is 3.10. The highest BCUT2D eigenvalue weighted by atomic mass is 19.3. The highest BCUT2D eigenvalue weighted by molar-refractivity contribution is 5.47. The topological polar surface area (TPSA) is 69.9 Å². The van der Waals surface area contributed by atoms with Crippen molar-refractivity contribution in [3.8, 4) is 0 Å². The molecule has 8 heteroatoms. The number of alkyl halides is 2. The van der Waals surface area contributed by atoms with Gasteiger partial charge in [-0.25, -0.2) is 17.6 Å². The van der Waals surface area contributed by atoms with Crippen molar-refractivity contribution < 1.29 is 37.6 Å². The van der Waals surface area contributed by atoms with Crippen LogP contribution in [-0.4, -0.2) is 46.2 Å². The van der Waals surface area contributed by atoms with Crippen molar-refractivity contribution in [2.45, 2.75) is 64.1 Å². The summed E-state index contributed by atoms with van der Waals surface area (Å²) in [6.45, 7) is 11.9. The molecule has 0 aromatic heterocycles. The summed E-state index contributed by atoms with van der Waals surface area (Å²) in [6.07, 6.45) is -1.77. The van der Waals surface area contributed by atoms with E-state index in [9.17, 15) is 32.9 Å². The molecular formula is C24H30F4O4. The lowest BCUT2D eigenvalue weighted by molar-refractivity contribution is -0.0636. The number of aliphatic hydroxyl groups excluding tert-OH is 3. The smallest absolute Gasteiger partial charge is 0.260 e. The summed E-state index contributed by atoms with van der Waals surface area (Å²) >= 11 is 0. The zero-order valence-corrected chi connectivity index (χ0v) is 18.3. The Bertz CT molecular complexity index is 850. The average molecular weight is 458 g/mol. The van der Waals surface area contributed by atoms with Gasteiger partial charge in [0, 0.05) is 0 Å². The number of aliphatic hydroxyl groups is 3. The molecule has 0 saturated carbocycles. The van der Waals surface area contributed by atoms with E-state index in [0.717, 1.165) is 17.7 Å². The SMILES string of the molecule is C=C1CC=C/C1=C(/C)C(F)F.C=CC.CC1OC(C(O)c2ccc(F)c(F)c2)C(O)C1O. The van der Waals surface area contributed by atoms with Crippen LogP contribution >= 0.6 is 0 Å². The fraction of sp³-hybridized carbons (Fsp3) is 0.417. The van der Waals surface area contributed by atoms with Crippen molar-refractivity contribution in [1.82, 2.24) is 0 Å². The Balaban J connectivity index is 0.000000312. The molecule has 1 aromatic carbocycles. The molecule has 1 aromatic rings. The monoisotopic (exact) mass is 458 g/mol. The lowest BCUT2D eigenvalue weighted by Gasteiger charge is -2.21. The second-order valence-corrected chi connectivity index (χ2v) is 7.42. The summed E-state index contributed by atoms with van der Waals surface area (Å²) in [6, 6.07) is 2.93. The third-order valence-corrected chi connectivity index (χ3v) is 4.92. The second kappa shape index (κ2) is 12.7. The van der Waals surface area contributed by atoms with E-state index in [1.807, 2.05) is 13.0 Å². The predicted octanol–water partition coefficient (Wildman–Crippen LogP) is 4.78. The largest absolute Gasteiger partial charge is 0.388 e. The minimum atomic E-state index is -2.36. The van der Waals surface area contributed by atoms with Crippen molar-refractivity contribution in [2.75, 3.05) is 0 Å². The quantitative estimate of drug-likeness (QED) is 0.450. The lowest BCUT2D eigenvalue weighted by atomic mass is 9.98. The third-order valence-electron chi connectivity index (χ3n) is 4.92. The van der Waals surface area contributed by atoms with Gasteiger partial charge in [-0.05, 0) is 61.6 Å². The van der Waals surface area contributed by atoms with Gasteiger partial charge in [0.1, 0.15) is 24.4 Å². The molecular weight excluding hydrogens is 428 g/mol. The van der Waals surface area contributed by atoms with Gasteiger partial charge in [0.2, 0.25) is 0 Å². The lowest BCUT2D eigenvalue weighted by Crippen LogP contribution is -2.34. The van der Waals surface area contributed by atoms with E-state index in [2.05, 4.69) is 13.2 Å². The van der Waals surface area contributed by atoms with Crippen LogP contribution in [0.4, 0.5) is 17.6 Å². The van der Waals surface area contributed by atoms with E-state index in [1.165, 1.54) is 13.0 Å². The summed E-state index contributed by atoms with van der Waals surface area (Å²) in [5.41, 5.74) is 1.63. The first-order chi connectivity index (χ1) is 15.0. The number of allylic oxidation sites excluding steroid dienone is 6. The molecule has 3 rings (SSSR count). The van der Waals surface area contributed by atoms with Crippen LogP contribution < -0.4 is 0 Å². The van der Waals surface area contributed by atoms with Gasteiger partial charge in [0.15, 0.2) is 11.6 Å². The number of rotatable bonds is 3. The van der Waals surface area contributed by atoms with Crippen LogP contribution in [0.15, 0.2) is 66.3 Å². The molecule has 0 bridgehead atoms. The molecule has 178 valence electrons. The first kappa shape index (κ1) is 27.8. The molecule has 0 spiro atoms. The zero-order valence-electron chi connectivity index (χ0n) is 18.3. The standard InChI is InChI=1S/C12H14F2O4.C9H10F2.C3H6/c1-5-9(15)11(17)12(18-5)10(16)6-2-3-7(13)8(14)4-6;1-6-4-3-5-8(6)7(2)9(10)11;1-3-2/h2-5,9-12,15-17H,1H3;3,5,9H,1,4H2,2H3;3H,1H2,2H3/b;8-7+;. The van der Waals surface area contributed by atoms with Gasteiger partial charge in [0.25, 0.3) is 6.43 Å². The molecule has 1 fully saturated rings. The third kappa shape index (κ3) is 7.13. The van der Waals surface area contributed by atoms with Crippen LogP contribution in [0.3, 0.4) is 0 Å². The van der Waals surface area contributed by atoms with Gasteiger partial charge in [-0.3, -0.25) is 0 Å². The van der Waals surface area contributed by atoms with Gasteiger partial charge in [-0.2, -0.15) is 0 Å². The minimum Gasteiger partial charge on any atom is -0.388 e. The highest BCUT2D eigenvalue weighted by Gasteiger charge is 2.44. The molecule has 0 amide bonds. The molecule has 1 aliphatic carbocycles. The van der Waals surface area contributed by atoms with E-state index in [4.69, 9.17) is 4.74 Å². The summed E-state index contributed by atoms with van der Waals surface area (Å²) in [7, 11) is 0. The molecule has 1 saturated heterocycles. The minimum absolute atomic E-state index is 0.0826. The van der Waals surface area contributed by atoms with Crippen LogP contribution in [0.5, 0.6) is 0 Å². The molecule has 1 heterocycles. The van der Waals surface area contributed by atoms with Gasteiger partial charge < -0.3 is 20.1 Å². The Labute approximate surface area is 185 Å². The summed E-state index contributed by atoms with van der Waals surface area (Å²) in [5.74, 6) is -2.11. The molecule has 5 atom stereocenters. The summed E-state index contributed by atoms with van der Waals surface area (Å²) in [4.78, 5) is 0. The van der Waals surface area contributed by atoms with E-state index < -0.39 is 48.6 Å². The van der Waals surface area contributed by atoms with E-state index in [1.54, 1.807) is 19.1 Å². The Morgan fingerprint density at radius 3 is 2.19 bits per heavy atom. The molecule has 2 aliphatic rings. The molecule has 3 N–H and O–H groups in total. The Morgan fingerprint density at radius 2 is 1.78 bits per heavy atom. The van der Waals surface area contributed by atoms with Crippen molar-refractivity contribution >= 4 is 0 Å². The van der Waals surface area contributed by atoms with Crippen molar-refractivity contribution in [3.05, 3.63) is 83.5 Å². The summed E-state index contributed by atoms with van der Waals surface area (Å²) < 4.78 is 55.2. The Kier molecular flexibility index (Phi) is 11.0. The van der Waals surface area contributed by atoms with Gasteiger partial charge >= 0.3 is 0 Å². The Morgan fingerprint density at radius 1 is 1.19 bits per heavy atom. The van der Waals surface area contributed by atoms with Gasteiger partial charge in [0.05, 0.1) is 6.10 Å². The van der Waals surface area contributed by atoms with Gasteiger partial charge in [-0.1, -0.05) is 30.9 Å². The van der Waals surface area contributed by atoms with E-state index >= 15 is 0 Å². The maximum atomic E-state index is 13.0. The molecule has 0 radical (unpaired) electrons. The van der Waals surface area contributed by atoms with E-state index in [-0.39, 0.29) is 11.1 Å². The van der Waals surface area contributed by atoms with Crippen LogP contribution in [0.25, 0.3) is 0 Å². The Hall–Kier alpha value is -2.26. The fourth-order valence-corrected chi connectivity index (χ4v) is 3.10. The number of ether oxygens (including phenoxy) is 1. The normalized spacial score (nSPS) is 26.8. The number of halogens is 4. The second-order valence-electron chi connectivity index (χ2n) is 7.42. The van der Waals surface area contributed by atoms with Crippen molar-refractivity contribution in [1.29, 1.82) is 0 Å². The van der Waals surface area contributed by atoms with Crippen LogP contribution in [-0.2, 0) is 4.74 Å². The first-order valence-electron chi connectivity index (χ1n) is 10.0. The maximum Gasteiger partial charge on any atom is 0.260 e. The van der Waals surface area contributed by atoms with Crippen molar-refractivity contribution in [3.63, 3.8) is 0 Å². The summed E-state index contributed by atoms with van der Waals surface area (Å²) in [5, 5.41) is 29.1. The number of hydrogen-bond donors (Lipinski definition) is 3. The van der Waals surface area contributed by atoms with Crippen LogP contribution in [0, 0.1) is 11.6 Å². The molecule has 1 aliphatic heterocycles. The first-order valence-corrected chi connectivity index (χ1v) is 10.0. The van der Waals surface area contributed by atoms with Gasteiger partial charge in [-0.15, -0.1) is 6.58 Å². The molecule has 5 unspecified atom stereocenters. The van der Waals surface area contributed by atoms with E-state index in [0.29, 0.717) is 12.0 Å². The maximum absolute atomic E-state index is 13.0. The van der Waals surface area contributed by atoms with Crippen molar-refractivity contribution in [2.24, 2.45) is 0 Å².